The minimum absolute atomic E-state index is 0.00765. The van der Waals surface area contributed by atoms with Gasteiger partial charge >= 0.3 is 0 Å². The van der Waals surface area contributed by atoms with E-state index in [2.05, 4.69) is 32.5 Å². The summed E-state index contributed by atoms with van der Waals surface area (Å²) in [6.45, 7) is 1.15. The van der Waals surface area contributed by atoms with E-state index >= 15 is 0 Å². The average molecular weight is 265 g/mol. The van der Waals surface area contributed by atoms with Gasteiger partial charge in [0, 0.05) is 6.54 Å². The molecular formula is C11H15N5OS. The highest BCUT2D eigenvalue weighted by atomic mass is 32.1. The van der Waals surface area contributed by atoms with E-state index < -0.39 is 0 Å². The molecule has 7 heteroatoms. The monoisotopic (exact) mass is 265 g/mol. The van der Waals surface area contributed by atoms with E-state index in [9.17, 15) is 4.79 Å². The van der Waals surface area contributed by atoms with Crippen molar-refractivity contribution in [2.24, 2.45) is 5.73 Å². The maximum Gasteiger partial charge on any atom is 0.234 e. The molecule has 0 atom stereocenters. The fraction of sp³-hybridized carbons (Fsp3) is 0.364. The Labute approximate surface area is 109 Å². The maximum atomic E-state index is 11.0. The number of hydrogen-bond acceptors (Lipinski definition) is 5. The smallest absolute Gasteiger partial charge is 0.234 e. The molecule has 0 spiro atoms. The van der Waals surface area contributed by atoms with E-state index in [1.807, 2.05) is 6.20 Å². The van der Waals surface area contributed by atoms with E-state index in [-0.39, 0.29) is 12.5 Å². The fourth-order valence-electron chi connectivity index (χ4n) is 1.47. The molecule has 96 valence electrons. The van der Waals surface area contributed by atoms with Gasteiger partial charge in [-0.3, -0.25) is 9.48 Å². The number of aromatic nitrogens is 3. The number of hydrogen-bond donors (Lipinski definition) is 2. The highest BCUT2D eigenvalue weighted by Crippen LogP contribution is 2.07. The largest absolute Gasteiger partial charge is 0.349 e. The third kappa shape index (κ3) is 3.64. The van der Waals surface area contributed by atoms with Crippen molar-refractivity contribution in [3.05, 3.63) is 34.3 Å². The van der Waals surface area contributed by atoms with Gasteiger partial charge in [0.15, 0.2) is 0 Å². The minimum Gasteiger partial charge on any atom is -0.349 e. The number of amides is 1. The van der Waals surface area contributed by atoms with Crippen LogP contribution in [0.25, 0.3) is 0 Å². The van der Waals surface area contributed by atoms with E-state index in [1.165, 1.54) is 5.56 Å². The van der Waals surface area contributed by atoms with Crippen LogP contribution in [-0.2, 0) is 24.3 Å². The van der Waals surface area contributed by atoms with Gasteiger partial charge in [-0.05, 0) is 28.8 Å². The first-order valence-electron chi connectivity index (χ1n) is 5.65. The first-order valence-corrected chi connectivity index (χ1v) is 6.59. The van der Waals surface area contributed by atoms with E-state index in [0.717, 1.165) is 18.7 Å². The molecule has 0 unspecified atom stereocenters. The Bertz CT molecular complexity index is 493. The average Bonchev–Trinajstić information content (AvgIpc) is 3.04. The molecule has 2 heterocycles. The zero-order chi connectivity index (χ0) is 12.8. The van der Waals surface area contributed by atoms with Crippen LogP contribution in [0.4, 0.5) is 0 Å². The second kappa shape index (κ2) is 6.27. The van der Waals surface area contributed by atoms with Crippen molar-refractivity contribution in [1.29, 1.82) is 0 Å². The summed E-state index contributed by atoms with van der Waals surface area (Å²) >= 11 is 1.69. The normalized spacial score (nSPS) is 10.5. The molecule has 2 aromatic heterocycles. The molecule has 0 radical (unpaired) electrons. The van der Waals surface area contributed by atoms with Crippen LogP contribution in [0, 0.1) is 0 Å². The molecule has 6 nitrogen and oxygen atoms in total. The van der Waals surface area contributed by atoms with Gasteiger partial charge in [0.25, 0.3) is 0 Å². The highest BCUT2D eigenvalue weighted by Gasteiger charge is 2.03. The standard InChI is InChI=1S/C11H15N5OS/c12-5-11(17)13-6-10-7-16(15-14-10)3-1-9-2-4-18-8-9/h2,4,7-8H,1,3,5-6,12H2,(H,13,17). The number of nitrogens with one attached hydrogen (secondary N) is 1. The number of nitrogens with zero attached hydrogens (tertiary/aromatic N) is 3. The topological polar surface area (TPSA) is 85.8 Å². The van der Waals surface area contributed by atoms with Crippen LogP contribution >= 0.6 is 11.3 Å². The lowest BCUT2D eigenvalue weighted by molar-refractivity contribution is -0.119. The molecule has 3 N–H and O–H groups in total. The Morgan fingerprint density at radius 2 is 2.44 bits per heavy atom. The van der Waals surface area contributed by atoms with Crippen LogP contribution in [0.1, 0.15) is 11.3 Å². The second-order valence-electron chi connectivity index (χ2n) is 3.84. The number of carbonyl (C=O) groups excluding carboxylic acids is 1. The van der Waals surface area contributed by atoms with Gasteiger partial charge in [-0.1, -0.05) is 5.21 Å². The van der Waals surface area contributed by atoms with Crippen molar-refractivity contribution in [3.8, 4) is 0 Å². The number of rotatable bonds is 6. The number of thiophene rings is 1. The van der Waals surface area contributed by atoms with Crippen molar-refractivity contribution in [2.75, 3.05) is 6.54 Å². The van der Waals surface area contributed by atoms with Gasteiger partial charge in [0.2, 0.25) is 5.91 Å². The lowest BCUT2D eigenvalue weighted by Gasteiger charge is -1.99. The zero-order valence-corrected chi connectivity index (χ0v) is 10.7. The molecule has 1 amide bonds. The van der Waals surface area contributed by atoms with Crippen LogP contribution in [-0.4, -0.2) is 27.4 Å². The molecule has 0 aromatic carbocycles. The van der Waals surface area contributed by atoms with E-state index in [4.69, 9.17) is 5.73 Å². The van der Waals surface area contributed by atoms with Crippen molar-refractivity contribution >= 4 is 17.2 Å². The molecular weight excluding hydrogens is 250 g/mol. The van der Waals surface area contributed by atoms with Gasteiger partial charge in [-0.15, -0.1) is 5.10 Å². The minimum atomic E-state index is -0.192. The van der Waals surface area contributed by atoms with Crippen molar-refractivity contribution in [1.82, 2.24) is 20.3 Å². The Balaban J connectivity index is 1.80. The summed E-state index contributed by atoms with van der Waals surface area (Å²) in [6.07, 6.45) is 2.77. The lowest BCUT2D eigenvalue weighted by Crippen LogP contribution is -2.29. The molecule has 0 aliphatic rings. The second-order valence-corrected chi connectivity index (χ2v) is 4.62. The van der Waals surface area contributed by atoms with Gasteiger partial charge in [0.05, 0.1) is 19.3 Å². The first-order chi connectivity index (χ1) is 8.78. The highest BCUT2D eigenvalue weighted by molar-refractivity contribution is 7.07. The van der Waals surface area contributed by atoms with E-state index in [0.29, 0.717) is 6.54 Å². The molecule has 0 saturated heterocycles. The van der Waals surface area contributed by atoms with Crippen LogP contribution in [0.5, 0.6) is 0 Å². The third-order valence-corrected chi connectivity index (χ3v) is 3.18. The van der Waals surface area contributed by atoms with Crippen molar-refractivity contribution in [3.63, 3.8) is 0 Å². The summed E-state index contributed by atoms with van der Waals surface area (Å²) < 4.78 is 1.78. The Morgan fingerprint density at radius 1 is 1.56 bits per heavy atom. The van der Waals surface area contributed by atoms with Gasteiger partial charge in [-0.2, -0.15) is 11.3 Å². The predicted octanol–water partition coefficient (Wildman–Crippen LogP) is 0.157. The number of aryl methyl sites for hydroxylation is 2. The SMILES string of the molecule is NCC(=O)NCc1cn(CCc2ccsc2)nn1. The van der Waals surface area contributed by atoms with Crippen LogP contribution in [0.2, 0.25) is 0 Å². The first kappa shape index (κ1) is 12.7. The molecule has 2 aromatic rings. The van der Waals surface area contributed by atoms with Crippen LogP contribution in [0.15, 0.2) is 23.0 Å². The molecule has 2 rings (SSSR count). The van der Waals surface area contributed by atoms with Gasteiger partial charge in [0.1, 0.15) is 5.69 Å². The Kier molecular flexibility index (Phi) is 4.43. The summed E-state index contributed by atoms with van der Waals surface area (Å²) in [7, 11) is 0. The molecule has 0 saturated carbocycles. The number of carbonyl (C=O) groups is 1. The molecule has 0 aliphatic carbocycles. The molecule has 0 fully saturated rings. The summed E-state index contributed by atoms with van der Waals surface area (Å²) in [4.78, 5) is 11.0. The summed E-state index contributed by atoms with van der Waals surface area (Å²) in [5, 5.41) is 14.8. The van der Waals surface area contributed by atoms with E-state index in [1.54, 1.807) is 16.0 Å². The van der Waals surface area contributed by atoms with Gasteiger partial charge < -0.3 is 11.1 Å². The predicted molar refractivity (Wildman–Crippen MR) is 68.9 cm³/mol. The zero-order valence-electron chi connectivity index (χ0n) is 9.87. The number of nitrogens with two attached hydrogens (primary N) is 1. The molecule has 18 heavy (non-hydrogen) atoms. The van der Waals surface area contributed by atoms with Crippen molar-refractivity contribution < 1.29 is 4.79 Å². The maximum absolute atomic E-state index is 11.0. The fourth-order valence-corrected chi connectivity index (χ4v) is 2.17. The third-order valence-electron chi connectivity index (χ3n) is 2.45. The lowest BCUT2D eigenvalue weighted by atomic mass is 10.2. The van der Waals surface area contributed by atoms with Crippen molar-refractivity contribution in [2.45, 2.75) is 19.5 Å². The molecule has 0 aliphatic heterocycles. The van der Waals surface area contributed by atoms with Crippen LogP contribution in [0.3, 0.4) is 0 Å². The summed E-state index contributed by atoms with van der Waals surface area (Å²) in [5.41, 5.74) is 7.23. The molecule has 0 bridgehead atoms. The van der Waals surface area contributed by atoms with Crippen LogP contribution < -0.4 is 11.1 Å². The Morgan fingerprint density at radius 3 is 3.17 bits per heavy atom. The summed E-state index contributed by atoms with van der Waals surface area (Å²) in [5.74, 6) is -0.192. The quantitative estimate of drug-likeness (QED) is 0.779. The summed E-state index contributed by atoms with van der Waals surface area (Å²) in [6, 6.07) is 2.10. The Hall–Kier alpha value is -1.73. The van der Waals surface area contributed by atoms with Gasteiger partial charge in [-0.25, -0.2) is 0 Å².